The first kappa shape index (κ1) is 15.3. The van der Waals surface area contributed by atoms with Crippen molar-refractivity contribution in [1.29, 1.82) is 0 Å². The molecule has 0 spiro atoms. The summed E-state index contributed by atoms with van der Waals surface area (Å²) in [6.45, 7) is 4.87. The van der Waals surface area contributed by atoms with Crippen LogP contribution in [0.4, 0.5) is 0 Å². The molecule has 6 heteroatoms. The third-order valence-electron chi connectivity index (χ3n) is 2.99. The van der Waals surface area contributed by atoms with Gasteiger partial charge in [-0.25, -0.2) is 0 Å². The highest BCUT2D eigenvalue weighted by Crippen LogP contribution is 2.37. The Morgan fingerprint density at radius 2 is 1.86 bits per heavy atom. The molecule has 1 heterocycles. The molecule has 0 radical (unpaired) electrons. The van der Waals surface area contributed by atoms with Gasteiger partial charge < -0.3 is 14.6 Å². The fraction of sp³-hybridized carbons (Fsp3) is 0.333. The summed E-state index contributed by atoms with van der Waals surface area (Å²) in [5, 5.41) is 16.4. The number of hydrogen-bond acceptors (Lipinski definition) is 5. The Kier molecular flexibility index (Phi) is 4.80. The van der Waals surface area contributed by atoms with E-state index < -0.39 is 0 Å². The van der Waals surface area contributed by atoms with E-state index in [0.717, 1.165) is 22.1 Å². The first-order chi connectivity index (χ1) is 10.1. The molecule has 0 fully saturated rings. The van der Waals surface area contributed by atoms with E-state index in [1.807, 2.05) is 23.8 Å². The van der Waals surface area contributed by atoms with Gasteiger partial charge in [0.05, 0.1) is 14.2 Å². The summed E-state index contributed by atoms with van der Waals surface area (Å²) in [7, 11) is 3.03. The van der Waals surface area contributed by atoms with Crippen LogP contribution in [0, 0.1) is 6.92 Å². The average Bonchev–Trinajstić information content (AvgIpc) is 2.86. The molecule has 21 heavy (non-hydrogen) atoms. The fourth-order valence-electron chi connectivity index (χ4n) is 1.97. The van der Waals surface area contributed by atoms with Crippen molar-refractivity contribution in [3.63, 3.8) is 0 Å². The molecule has 0 saturated carbocycles. The van der Waals surface area contributed by atoms with Gasteiger partial charge in [-0.1, -0.05) is 4.68 Å². The molecule has 0 aliphatic heterocycles. The van der Waals surface area contributed by atoms with Crippen LogP contribution < -0.4 is 14.2 Å². The number of nitrogens with zero attached hydrogens (tertiary/aromatic N) is 2. The van der Waals surface area contributed by atoms with E-state index >= 15 is 0 Å². The SMILES string of the molecule is CC[n+]1nc(C)sc1/C=C/c1cc(OC)c(O)c(OC)c1. The number of aryl methyl sites for hydroxylation is 2. The number of benzene rings is 1. The second-order valence-corrected chi connectivity index (χ2v) is 5.60. The van der Waals surface area contributed by atoms with E-state index in [9.17, 15) is 5.11 Å². The molecule has 0 bridgehead atoms. The lowest BCUT2D eigenvalue weighted by Crippen LogP contribution is -2.36. The number of phenolic OH excluding ortho intramolecular Hbond substituents is 1. The lowest BCUT2D eigenvalue weighted by Gasteiger charge is -2.09. The number of rotatable bonds is 5. The van der Waals surface area contributed by atoms with Crippen LogP contribution in [-0.2, 0) is 6.54 Å². The van der Waals surface area contributed by atoms with Crippen LogP contribution in [0.3, 0.4) is 0 Å². The largest absolute Gasteiger partial charge is 0.502 e. The molecule has 1 aromatic carbocycles. The molecular weight excluding hydrogens is 288 g/mol. The van der Waals surface area contributed by atoms with E-state index in [0.29, 0.717) is 11.5 Å². The van der Waals surface area contributed by atoms with Gasteiger partial charge in [0.15, 0.2) is 23.1 Å². The van der Waals surface area contributed by atoms with Gasteiger partial charge in [0.25, 0.3) is 5.01 Å². The summed E-state index contributed by atoms with van der Waals surface area (Å²) in [6.07, 6.45) is 3.95. The molecule has 0 amide bonds. The molecule has 0 aliphatic carbocycles. The van der Waals surface area contributed by atoms with Gasteiger partial charge in [-0.3, -0.25) is 0 Å². The second-order valence-electron chi connectivity index (χ2n) is 4.38. The lowest BCUT2D eigenvalue weighted by atomic mass is 10.1. The Bertz CT molecular complexity index is 640. The standard InChI is InChI=1S/C15H18N2O3S/c1-5-17-14(21-10(2)16-17)7-6-11-8-12(19-3)15(18)13(9-11)20-4/h6-9H,5H2,1-4H3/p+1. The predicted octanol–water partition coefficient (Wildman–Crippen LogP) is 2.65. The third-order valence-corrected chi connectivity index (χ3v) is 3.92. The highest BCUT2D eigenvalue weighted by atomic mass is 32.1. The fourth-order valence-corrected chi connectivity index (χ4v) is 2.82. The van der Waals surface area contributed by atoms with Crippen LogP contribution in [0.5, 0.6) is 17.2 Å². The zero-order chi connectivity index (χ0) is 15.4. The molecule has 112 valence electrons. The second kappa shape index (κ2) is 6.58. The summed E-state index contributed by atoms with van der Waals surface area (Å²) in [6, 6.07) is 3.52. The highest BCUT2D eigenvalue weighted by Gasteiger charge is 2.13. The van der Waals surface area contributed by atoms with E-state index in [2.05, 4.69) is 12.0 Å². The van der Waals surface area contributed by atoms with Gasteiger partial charge in [0.1, 0.15) is 0 Å². The first-order valence-corrected chi connectivity index (χ1v) is 7.41. The Labute approximate surface area is 128 Å². The zero-order valence-electron chi connectivity index (χ0n) is 12.6. The molecule has 1 N–H and O–H groups in total. The normalized spacial score (nSPS) is 11.0. The van der Waals surface area contributed by atoms with Crippen molar-refractivity contribution in [3.8, 4) is 17.2 Å². The van der Waals surface area contributed by atoms with Gasteiger partial charge in [-0.2, -0.15) is 0 Å². The smallest absolute Gasteiger partial charge is 0.289 e. The van der Waals surface area contributed by atoms with E-state index in [4.69, 9.17) is 9.47 Å². The minimum absolute atomic E-state index is 0.00871. The topological polar surface area (TPSA) is 55.5 Å². The van der Waals surface area contributed by atoms with Crippen LogP contribution in [0.1, 0.15) is 22.5 Å². The number of hydrogen-bond donors (Lipinski definition) is 1. The van der Waals surface area contributed by atoms with Crippen LogP contribution in [0.25, 0.3) is 12.2 Å². The Hall–Kier alpha value is -2.08. The van der Waals surface area contributed by atoms with Crippen LogP contribution in [-0.4, -0.2) is 24.4 Å². The number of aromatic nitrogens is 2. The minimum Gasteiger partial charge on any atom is -0.502 e. The van der Waals surface area contributed by atoms with Crippen molar-refractivity contribution in [2.75, 3.05) is 14.2 Å². The summed E-state index contributed by atoms with van der Waals surface area (Å²) in [5.41, 5.74) is 0.884. The molecular formula is C15H19N2O3S+. The van der Waals surface area contributed by atoms with Gasteiger partial charge in [0.2, 0.25) is 5.75 Å². The minimum atomic E-state index is 0.00871. The quantitative estimate of drug-likeness (QED) is 0.863. The molecule has 0 saturated heterocycles. The number of ether oxygens (including phenoxy) is 2. The van der Waals surface area contributed by atoms with Crippen molar-refractivity contribution < 1.29 is 19.3 Å². The maximum atomic E-state index is 9.90. The maximum Gasteiger partial charge on any atom is 0.289 e. The van der Waals surface area contributed by atoms with Crippen molar-refractivity contribution in [2.45, 2.75) is 20.4 Å². The number of phenols is 1. The summed E-state index contributed by atoms with van der Waals surface area (Å²) in [5.74, 6) is 0.783. The summed E-state index contributed by atoms with van der Waals surface area (Å²) >= 11 is 1.63. The molecule has 1 aromatic heterocycles. The van der Waals surface area contributed by atoms with E-state index in [1.165, 1.54) is 14.2 Å². The van der Waals surface area contributed by atoms with Crippen molar-refractivity contribution in [1.82, 2.24) is 5.10 Å². The monoisotopic (exact) mass is 307 g/mol. The van der Waals surface area contributed by atoms with Crippen molar-refractivity contribution in [2.24, 2.45) is 0 Å². The van der Waals surface area contributed by atoms with Gasteiger partial charge in [-0.05, 0) is 49.0 Å². The molecule has 0 unspecified atom stereocenters. The summed E-state index contributed by atoms with van der Waals surface area (Å²) < 4.78 is 12.3. The summed E-state index contributed by atoms with van der Waals surface area (Å²) in [4.78, 5) is 0. The zero-order valence-corrected chi connectivity index (χ0v) is 13.4. The van der Waals surface area contributed by atoms with E-state index in [-0.39, 0.29) is 5.75 Å². The lowest BCUT2D eigenvalue weighted by molar-refractivity contribution is -0.747. The van der Waals surface area contributed by atoms with Crippen molar-refractivity contribution in [3.05, 3.63) is 27.7 Å². The molecule has 5 nitrogen and oxygen atoms in total. The Balaban J connectivity index is 2.36. The average molecular weight is 307 g/mol. The van der Waals surface area contributed by atoms with Crippen LogP contribution >= 0.6 is 11.3 Å². The first-order valence-electron chi connectivity index (χ1n) is 6.59. The van der Waals surface area contributed by atoms with Gasteiger partial charge >= 0.3 is 0 Å². The number of aromatic hydroxyl groups is 1. The Morgan fingerprint density at radius 1 is 1.24 bits per heavy atom. The Morgan fingerprint density at radius 3 is 2.38 bits per heavy atom. The molecule has 0 aliphatic rings. The van der Waals surface area contributed by atoms with E-state index in [1.54, 1.807) is 23.5 Å². The third kappa shape index (κ3) is 3.33. The van der Waals surface area contributed by atoms with Gasteiger partial charge in [0, 0.05) is 11.2 Å². The molecule has 0 atom stereocenters. The highest BCUT2D eigenvalue weighted by molar-refractivity contribution is 7.11. The number of methoxy groups -OCH3 is 2. The van der Waals surface area contributed by atoms with Crippen LogP contribution in [0.15, 0.2) is 12.1 Å². The van der Waals surface area contributed by atoms with Crippen molar-refractivity contribution >= 4 is 23.5 Å². The molecule has 2 aromatic rings. The predicted molar refractivity (Wildman–Crippen MR) is 82.9 cm³/mol. The van der Waals surface area contributed by atoms with Crippen LogP contribution in [0.2, 0.25) is 0 Å². The molecule has 2 rings (SSSR count). The maximum absolute atomic E-state index is 9.90. The van der Waals surface area contributed by atoms with Gasteiger partial charge in [-0.15, -0.1) is 0 Å².